The van der Waals surface area contributed by atoms with Gasteiger partial charge in [0, 0.05) is 24.7 Å². The highest BCUT2D eigenvalue weighted by Crippen LogP contribution is 2.26. The number of rotatable bonds is 7. The summed E-state index contributed by atoms with van der Waals surface area (Å²) < 4.78 is 29.2. The SMILES string of the molecule is CCCCn1c(N)c(N(C)C(=O)c2ccc(Cl)c(S(=O)(=O)NC(C)(C)C)c2)c(=O)[nH]c1=O. The molecule has 2 aromatic rings. The van der Waals surface area contributed by atoms with Crippen molar-refractivity contribution in [1.29, 1.82) is 0 Å². The van der Waals surface area contributed by atoms with E-state index in [1.165, 1.54) is 23.7 Å². The van der Waals surface area contributed by atoms with Crippen molar-refractivity contribution in [3.05, 3.63) is 49.6 Å². The minimum absolute atomic E-state index is 0.0312. The van der Waals surface area contributed by atoms with Crippen molar-refractivity contribution in [1.82, 2.24) is 14.3 Å². The summed E-state index contributed by atoms with van der Waals surface area (Å²) in [5.41, 5.74) is 3.55. The molecule has 10 nitrogen and oxygen atoms in total. The molecule has 12 heteroatoms. The van der Waals surface area contributed by atoms with E-state index in [2.05, 4.69) is 9.71 Å². The van der Waals surface area contributed by atoms with E-state index in [1.807, 2.05) is 6.92 Å². The summed E-state index contributed by atoms with van der Waals surface area (Å²) in [4.78, 5) is 40.5. The molecule has 1 aromatic carbocycles. The van der Waals surface area contributed by atoms with Gasteiger partial charge in [0.15, 0.2) is 5.69 Å². The Hall–Kier alpha value is -2.63. The predicted octanol–water partition coefficient (Wildman–Crippen LogP) is 1.93. The number of amides is 1. The van der Waals surface area contributed by atoms with Gasteiger partial charge in [0.25, 0.3) is 11.5 Å². The summed E-state index contributed by atoms with van der Waals surface area (Å²) >= 11 is 6.09. The number of aromatic nitrogens is 2. The Bertz CT molecular complexity index is 1240. The van der Waals surface area contributed by atoms with E-state index in [4.69, 9.17) is 17.3 Å². The lowest BCUT2D eigenvalue weighted by Crippen LogP contribution is -2.41. The van der Waals surface area contributed by atoms with Crippen LogP contribution in [-0.2, 0) is 16.6 Å². The van der Waals surface area contributed by atoms with E-state index >= 15 is 0 Å². The van der Waals surface area contributed by atoms with Crippen LogP contribution in [0.2, 0.25) is 5.02 Å². The molecule has 2 rings (SSSR count). The van der Waals surface area contributed by atoms with E-state index in [-0.39, 0.29) is 33.5 Å². The normalized spacial score (nSPS) is 12.1. The van der Waals surface area contributed by atoms with Gasteiger partial charge < -0.3 is 10.6 Å². The van der Waals surface area contributed by atoms with Crippen molar-refractivity contribution in [2.75, 3.05) is 17.7 Å². The average Bonchev–Trinajstić information content (AvgIpc) is 2.65. The van der Waals surface area contributed by atoms with Crippen LogP contribution in [0, 0.1) is 0 Å². The Morgan fingerprint density at radius 3 is 2.47 bits per heavy atom. The number of aromatic amines is 1. The maximum atomic E-state index is 13.1. The smallest absolute Gasteiger partial charge is 0.330 e. The number of nitrogen functional groups attached to an aromatic ring is 1. The standard InChI is InChI=1S/C20H28ClN5O5S/c1-6-7-10-26-16(22)15(17(27)23-19(26)29)25(5)18(28)12-8-9-13(21)14(11-12)32(30,31)24-20(2,3)4/h8-9,11,24H,6-7,10,22H2,1-5H3,(H,23,27,29). The molecule has 0 radical (unpaired) electrons. The fraction of sp³-hybridized carbons (Fsp3) is 0.450. The van der Waals surface area contributed by atoms with Gasteiger partial charge in [0.2, 0.25) is 10.0 Å². The van der Waals surface area contributed by atoms with Gasteiger partial charge in [-0.1, -0.05) is 24.9 Å². The van der Waals surface area contributed by atoms with Gasteiger partial charge in [-0.05, 0) is 45.4 Å². The molecule has 4 N–H and O–H groups in total. The molecule has 1 amide bonds. The van der Waals surface area contributed by atoms with Crippen LogP contribution in [0.3, 0.4) is 0 Å². The molecule has 0 spiro atoms. The van der Waals surface area contributed by atoms with Crippen molar-refractivity contribution in [3.8, 4) is 0 Å². The number of nitrogens with two attached hydrogens (primary N) is 1. The Kier molecular flexibility index (Phi) is 7.59. The summed E-state index contributed by atoms with van der Waals surface area (Å²) in [6.45, 7) is 7.22. The highest BCUT2D eigenvalue weighted by molar-refractivity contribution is 7.89. The number of halogens is 1. The molecule has 0 bridgehead atoms. The zero-order valence-electron chi connectivity index (χ0n) is 18.7. The minimum Gasteiger partial charge on any atom is -0.383 e. The Labute approximate surface area is 191 Å². The summed E-state index contributed by atoms with van der Waals surface area (Å²) in [5.74, 6) is -0.856. The first-order valence-corrected chi connectivity index (χ1v) is 11.8. The minimum atomic E-state index is -4.02. The van der Waals surface area contributed by atoms with Gasteiger partial charge in [-0.3, -0.25) is 19.1 Å². The van der Waals surface area contributed by atoms with Gasteiger partial charge in [-0.2, -0.15) is 0 Å². The van der Waals surface area contributed by atoms with Crippen LogP contribution in [0.4, 0.5) is 11.5 Å². The topological polar surface area (TPSA) is 147 Å². The lowest BCUT2D eigenvalue weighted by atomic mass is 10.1. The summed E-state index contributed by atoms with van der Waals surface area (Å²) in [5, 5.41) is -0.0635. The van der Waals surface area contributed by atoms with Crippen LogP contribution in [-0.4, -0.2) is 36.5 Å². The molecule has 1 aromatic heterocycles. The summed E-state index contributed by atoms with van der Waals surface area (Å²) in [6.07, 6.45) is 1.44. The number of hydrogen-bond donors (Lipinski definition) is 3. The zero-order chi connectivity index (χ0) is 24.4. The van der Waals surface area contributed by atoms with E-state index < -0.39 is 32.7 Å². The van der Waals surface area contributed by atoms with Gasteiger partial charge in [-0.15, -0.1) is 0 Å². The van der Waals surface area contributed by atoms with Crippen molar-refractivity contribution < 1.29 is 13.2 Å². The number of carbonyl (C=O) groups excluding carboxylic acids is 1. The lowest BCUT2D eigenvalue weighted by Gasteiger charge is -2.22. The van der Waals surface area contributed by atoms with Crippen LogP contribution in [0.15, 0.2) is 32.7 Å². The number of benzene rings is 1. The third kappa shape index (κ3) is 5.59. The fourth-order valence-electron chi connectivity index (χ4n) is 3.04. The van der Waals surface area contributed by atoms with Crippen molar-refractivity contribution >= 4 is 39.0 Å². The van der Waals surface area contributed by atoms with Crippen molar-refractivity contribution in [3.63, 3.8) is 0 Å². The predicted molar refractivity (Wildman–Crippen MR) is 125 cm³/mol. The number of carbonyl (C=O) groups is 1. The monoisotopic (exact) mass is 485 g/mol. The average molecular weight is 486 g/mol. The molecule has 0 fully saturated rings. The van der Waals surface area contributed by atoms with E-state index in [9.17, 15) is 22.8 Å². The van der Waals surface area contributed by atoms with Crippen molar-refractivity contribution in [2.45, 2.75) is 57.5 Å². The Balaban J connectivity index is 2.53. The molecule has 176 valence electrons. The maximum Gasteiger partial charge on any atom is 0.330 e. The van der Waals surface area contributed by atoms with Crippen LogP contribution in [0.5, 0.6) is 0 Å². The quantitative estimate of drug-likeness (QED) is 0.545. The van der Waals surface area contributed by atoms with Crippen LogP contribution >= 0.6 is 11.6 Å². The van der Waals surface area contributed by atoms with Gasteiger partial charge >= 0.3 is 5.69 Å². The Morgan fingerprint density at radius 2 is 1.91 bits per heavy atom. The molecule has 32 heavy (non-hydrogen) atoms. The van der Waals surface area contributed by atoms with Gasteiger partial charge in [0.1, 0.15) is 10.7 Å². The molecular formula is C20H28ClN5O5S. The number of nitrogens with one attached hydrogen (secondary N) is 2. The zero-order valence-corrected chi connectivity index (χ0v) is 20.2. The first-order chi connectivity index (χ1) is 14.7. The molecule has 0 aliphatic heterocycles. The molecule has 0 aliphatic carbocycles. The number of unbranched alkanes of at least 4 members (excludes halogenated alkanes) is 1. The Morgan fingerprint density at radius 1 is 1.28 bits per heavy atom. The molecule has 0 unspecified atom stereocenters. The molecule has 1 heterocycles. The highest BCUT2D eigenvalue weighted by Gasteiger charge is 2.27. The fourth-order valence-corrected chi connectivity index (χ4v) is 4.98. The number of hydrogen-bond acceptors (Lipinski definition) is 6. The molecule has 0 saturated heterocycles. The number of anilines is 2. The third-order valence-electron chi connectivity index (χ3n) is 4.50. The van der Waals surface area contributed by atoms with E-state index in [1.54, 1.807) is 20.8 Å². The van der Waals surface area contributed by atoms with Gasteiger partial charge in [-0.25, -0.2) is 17.9 Å². The second kappa shape index (κ2) is 9.47. The maximum absolute atomic E-state index is 13.1. The summed E-state index contributed by atoms with van der Waals surface area (Å²) in [7, 11) is -2.71. The second-order valence-corrected chi connectivity index (χ2v) is 10.4. The molecule has 0 atom stereocenters. The largest absolute Gasteiger partial charge is 0.383 e. The molecule has 0 aliphatic rings. The van der Waals surface area contributed by atoms with E-state index in [0.717, 1.165) is 17.4 Å². The highest BCUT2D eigenvalue weighted by atomic mass is 35.5. The lowest BCUT2D eigenvalue weighted by molar-refractivity contribution is 0.0992. The van der Waals surface area contributed by atoms with Crippen LogP contribution in [0.25, 0.3) is 0 Å². The van der Waals surface area contributed by atoms with E-state index in [0.29, 0.717) is 6.42 Å². The third-order valence-corrected chi connectivity index (χ3v) is 6.74. The number of H-pyrrole nitrogens is 1. The molecular weight excluding hydrogens is 458 g/mol. The first-order valence-electron chi connectivity index (χ1n) is 9.93. The van der Waals surface area contributed by atoms with Crippen LogP contribution < -0.4 is 26.6 Å². The van der Waals surface area contributed by atoms with Crippen molar-refractivity contribution in [2.24, 2.45) is 0 Å². The number of nitrogens with zero attached hydrogens (tertiary/aromatic N) is 2. The second-order valence-electron chi connectivity index (χ2n) is 8.36. The van der Waals surface area contributed by atoms with Gasteiger partial charge in [0.05, 0.1) is 5.02 Å². The summed E-state index contributed by atoms with van der Waals surface area (Å²) in [6, 6.07) is 3.76. The number of sulfonamides is 1. The first kappa shape index (κ1) is 25.6. The van der Waals surface area contributed by atoms with Crippen LogP contribution in [0.1, 0.15) is 50.9 Å². The molecule has 0 saturated carbocycles.